The number of rotatable bonds is 2. The first-order valence-corrected chi connectivity index (χ1v) is 3.13. The van der Waals surface area contributed by atoms with E-state index < -0.39 is 23.9 Å². The van der Waals surface area contributed by atoms with Crippen LogP contribution in [0.3, 0.4) is 0 Å². The van der Waals surface area contributed by atoms with Crippen molar-refractivity contribution in [1.82, 2.24) is 4.90 Å². The van der Waals surface area contributed by atoms with Crippen molar-refractivity contribution >= 4 is 22.8 Å². The number of carbonyl (C=O) groups is 2. The van der Waals surface area contributed by atoms with Crippen LogP contribution in [-0.4, -0.2) is 35.8 Å². The van der Waals surface area contributed by atoms with Gasteiger partial charge in [0.1, 0.15) is 0 Å². The lowest BCUT2D eigenvalue weighted by atomic mass is 10.5. The molecule has 1 amide bonds. The van der Waals surface area contributed by atoms with Gasteiger partial charge in [0.2, 0.25) is 5.24 Å². The molecule has 0 heterocycles. The Morgan fingerprint density at radius 3 is 2.08 bits per heavy atom. The monoisotopic (exact) mass is 203 g/mol. The summed E-state index contributed by atoms with van der Waals surface area (Å²) in [7, 11) is 0.843. The number of carbonyl (C=O) groups excluding carboxylic acids is 2. The first-order valence-electron chi connectivity index (χ1n) is 2.75. The lowest BCUT2D eigenvalue weighted by molar-refractivity contribution is -0.184. The van der Waals surface area contributed by atoms with E-state index in [0.717, 1.165) is 7.05 Å². The third-order valence-corrected chi connectivity index (χ3v) is 1.07. The molecule has 0 aliphatic rings. The van der Waals surface area contributed by atoms with Crippen LogP contribution in [0.1, 0.15) is 0 Å². The number of nitrogens with zero attached hydrogens (tertiary/aromatic N) is 1. The lowest BCUT2D eigenvalue weighted by Crippen LogP contribution is -2.40. The van der Waals surface area contributed by atoms with E-state index in [4.69, 9.17) is 11.6 Å². The topological polar surface area (TPSA) is 37.4 Å². The largest absolute Gasteiger partial charge is 0.471 e. The predicted molar refractivity (Wildman–Crippen MR) is 34.6 cm³/mol. The molecule has 0 spiro atoms. The normalized spacial score (nSPS) is 11.1. The summed E-state index contributed by atoms with van der Waals surface area (Å²) >= 11 is 4.77. The molecule has 0 radical (unpaired) electrons. The van der Waals surface area contributed by atoms with Gasteiger partial charge < -0.3 is 4.90 Å². The van der Waals surface area contributed by atoms with Crippen molar-refractivity contribution in [3.8, 4) is 0 Å². The summed E-state index contributed by atoms with van der Waals surface area (Å²) in [5, 5.41) is -1.02. The molecule has 0 saturated heterocycles. The quantitative estimate of drug-likeness (QED) is 0.622. The molecule has 3 nitrogen and oxygen atoms in total. The fourth-order valence-corrected chi connectivity index (χ4v) is 0.654. The summed E-state index contributed by atoms with van der Waals surface area (Å²) in [4.78, 5) is 20.6. The van der Waals surface area contributed by atoms with E-state index in [1.54, 1.807) is 0 Å². The molecule has 0 saturated carbocycles. The fraction of sp³-hybridized carbons (Fsp3) is 0.600. The third-order valence-electron chi connectivity index (χ3n) is 0.951. The number of hydrogen-bond acceptors (Lipinski definition) is 2. The van der Waals surface area contributed by atoms with Gasteiger partial charge >= 0.3 is 12.1 Å². The average molecular weight is 204 g/mol. The van der Waals surface area contributed by atoms with Gasteiger partial charge in [-0.05, 0) is 11.6 Å². The van der Waals surface area contributed by atoms with Crippen LogP contribution in [0, 0.1) is 0 Å². The Balaban J connectivity index is 4.21. The predicted octanol–water partition coefficient (Wildman–Crippen LogP) is 0.772. The molecule has 70 valence electrons. The molecule has 0 fully saturated rings. The summed E-state index contributed by atoms with van der Waals surface area (Å²) in [5.41, 5.74) is 0. The number of likely N-dealkylation sites (N-methyl/N-ethyl adjacent to an activating group) is 1. The molecule has 0 aliphatic heterocycles. The minimum atomic E-state index is -4.96. The lowest BCUT2D eigenvalue weighted by Gasteiger charge is -2.15. The van der Waals surface area contributed by atoms with Gasteiger partial charge in [-0.1, -0.05) is 0 Å². The van der Waals surface area contributed by atoms with E-state index in [-0.39, 0.29) is 4.90 Å². The van der Waals surface area contributed by atoms with Gasteiger partial charge in [-0.15, -0.1) is 0 Å². The van der Waals surface area contributed by atoms with Gasteiger partial charge in [-0.25, -0.2) is 0 Å². The molecule has 0 atom stereocenters. The summed E-state index contributed by atoms with van der Waals surface area (Å²) in [6.07, 6.45) is -4.96. The number of amides is 1. The van der Waals surface area contributed by atoms with Crippen LogP contribution in [0.4, 0.5) is 13.2 Å². The standard InChI is InChI=1S/C5H5ClF3NO2/c1-10(2-3(6)11)4(12)5(7,8)9/h2H2,1H3. The average Bonchev–Trinajstić information content (AvgIpc) is 1.82. The minimum Gasteiger partial charge on any atom is -0.329 e. The molecule has 0 aromatic carbocycles. The smallest absolute Gasteiger partial charge is 0.329 e. The van der Waals surface area contributed by atoms with E-state index in [0.29, 0.717) is 0 Å². The van der Waals surface area contributed by atoms with Crippen molar-refractivity contribution < 1.29 is 22.8 Å². The van der Waals surface area contributed by atoms with Crippen LogP contribution >= 0.6 is 11.6 Å². The first-order chi connectivity index (χ1) is 5.25. The molecule has 0 aromatic rings. The van der Waals surface area contributed by atoms with Gasteiger partial charge in [0.15, 0.2) is 0 Å². The molecule has 0 N–H and O–H groups in total. The second kappa shape index (κ2) is 3.75. The Kier molecular flexibility index (Phi) is 3.51. The Morgan fingerprint density at radius 1 is 1.42 bits per heavy atom. The minimum absolute atomic E-state index is 0.204. The summed E-state index contributed by atoms with van der Waals surface area (Å²) in [6, 6.07) is 0. The molecule has 0 aromatic heterocycles. The van der Waals surface area contributed by atoms with Gasteiger partial charge in [0, 0.05) is 7.05 Å². The Bertz CT molecular complexity index is 203. The van der Waals surface area contributed by atoms with E-state index in [2.05, 4.69) is 0 Å². The second-order valence-corrected chi connectivity index (χ2v) is 2.44. The SMILES string of the molecule is CN(CC(=O)Cl)C(=O)C(F)(F)F. The highest BCUT2D eigenvalue weighted by atomic mass is 35.5. The summed E-state index contributed by atoms with van der Waals surface area (Å²) in [5.74, 6) is -2.09. The second-order valence-electron chi connectivity index (χ2n) is 2.01. The molecule has 12 heavy (non-hydrogen) atoms. The highest BCUT2D eigenvalue weighted by molar-refractivity contribution is 6.64. The summed E-state index contributed by atoms with van der Waals surface area (Å²) in [6.45, 7) is -0.750. The zero-order valence-electron chi connectivity index (χ0n) is 5.98. The zero-order chi connectivity index (χ0) is 9.94. The summed E-state index contributed by atoms with van der Waals surface area (Å²) < 4.78 is 34.8. The molecule has 7 heteroatoms. The fourth-order valence-electron chi connectivity index (χ4n) is 0.475. The molecular weight excluding hydrogens is 199 g/mol. The van der Waals surface area contributed by atoms with Crippen LogP contribution < -0.4 is 0 Å². The van der Waals surface area contributed by atoms with Gasteiger partial charge in [0.05, 0.1) is 6.54 Å². The van der Waals surface area contributed by atoms with Crippen molar-refractivity contribution in [1.29, 1.82) is 0 Å². The van der Waals surface area contributed by atoms with Crippen molar-refractivity contribution in [3.05, 3.63) is 0 Å². The Labute approximate surface area is 71.1 Å². The van der Waals surface area contributed by atoms with Crippen molar-refractivity contribution in [3.63, 3.8) is 0 Å². The third kappa shape index (κ3) is 3.56. The maximum Gasteiger partial charge on any atom is 0.471 e. The molecule has 0 unspecified atom stereocenters. The van der Waals surface area contributed by atoms with Crippen molar-refractivity contribution in [2.75, 3.05) is 13.6 Å². The van der Waals surface area contributed by atoms with Crippen LogP contribution in [0.25, 0.3) is 0 Å². The number of alkyl halides is 3. The first kappa shape index (κ1) is 11.2. The van der Waals surface area contributed by atoms with Crippen LogP contribution in [0.15, 0.2) is 0 Å². The Hall–Kier alpha value is -0.780. The van der Waals surface area contributed by atoms with Gasteiger partial charge in [0.25, 0.3) is 0 Å². The maximum atomic E-state index is 11.6. The van der Waals surface area contributed by atoms with E-state index in [1.165, 1.54) is 0 Å². The molecule has 0 bridgehead atoms. The highest BCUT2D eigenvalue weighted by Crippen LogP contribution is 2.17. The van der Waals surface area contributed by atoms with Crippen LogP contribution in [-0.2, 0) is 9.59 Å². The molecule has 0 aliphatic carbocycles. The molecule has 0 rings (SSSR count). The van der Waals surface area contributed by atoms with Crippen LogP contribution in [0.5, 0.6) is 0 Å². The van der Waals surface area contributed by atoms with Gasteiger partial charge in [-0.3, -0.25) is 9.59 Å². The van der Waals surface area contributed by atoms with E-state index >= 15 is 0 Å². The zero-order valence-corrected chi connectivity index (χ0v) is 6.74. The van der Waals surface area contributed by atoms with E-state index in [1.807, 2.05) is 0 Å². The highest BCUT2D eigenvalue weighted by Gasteiger charge is 2.41. The molecular formula is C5H5ClF3NO2. The van der Waals surface area contributed by atoms with Crippen molar-refractivity contribution in [2.45, 2.75) is 6.18 Å². The number of halogens is 4. The van der Waals surface area contributed by atoms with E-state index in [9.17, 15) is 22.8 Å². The van der Waals surface area contributed by atoms with Crippen LogP contribution in [0.2, 0.25) is 0 Å². The Morgan fingerprint density at radius 2 is 1.83 bits per heavy atom. The van der Waals surface area contributed by atoms with Crippen molar-refractivity contribution in [2.24, 2.45) is 0 Å². The van der Waals surface area contributed by atoms with Gasteiger partial charge in [-0.2, -0.15) is 13.2 Å². The maximum absolute atomic E-state index is 11.6. The number of hydrogen-bond donors (Lipinski definition) is 0.